The highest BCUT2D eigenvalue weighted by atomic mass is 35.5. The van der Waals surface area contributed by atoms with Crippen molar-refractivity contribution in [3.05, 3.63) is 75.9 Å². The first-order chi connectivity index (χ1) is 11.5. The Bertz CT molecular complexity index is 835. The van der Waals surface area contributed by atoms with Crippen molar-refractivity contribution in [3.63, 3.8) is 0 Å². The molecular weight excluding hydrogens is 344 g/mol. The van der Waals surface area contributed by atoms with Gasteiger partial charge in [0.05, 0.1) is 0 Å². The van der Waals surface area contributed by atoms with Gasteiger partial charge < -0.3 is 0 Å². The van der Waals surface area contributed by atoms with Gasteiger partial charge in [0.2, 0.25) is 10.0 Å². The molecule has 0 N–H and O–H groups in total. The summed E-state index contributed by atoms with van der Waals surface area (Å²) < 4.78 is 26.5. The number of sulfonamides is 1. The summed E-state index contributed by atoms with van der Waals surface area (Å²) in [6.45, 7) is 0.884. The van der Waals surface area contributed by atoms with E-state index in [0.29, 0.717) is 24.5 Å². The Morgan fingerprint density at radius 2 is 2.12 bits per heavy atom. The minimum atomic E-state index is -3.40. The number of rotatable bonds is 5. The van der Waals surface area contributed by atoms with E-state index in [1.54, 1.807) is 18.5 Å². The fourth-order valence-corrected chi connectivity index (χ4v) is 4.20. The van der Waals surface area contributed by atoms with Gasteiger partial charge in [-0.2, -0.15) is 4.31 Å². The van der Waals surface area contributed by atoms with E-state index in [4.69, 9.17) is 11.6 Å². The Labute approximate surface area is 147 Å². The Morgan fingerprint density at radius 3 is 2.92 bits per heavy atom. The van der Waals surface area contributed by atoms with Gasteiger partial charge in [-0.25, -0.2) is 8.42 Å². The maximum absolute atomic E-state index is 12.5. The van der Waals surface area contributed by atoms with E-state index in [0.717, 1.165) is 24.0 Å². The smallest absolute Gasteiger partial charge is 0.236 e. The third-order valence-electron chi connectivity index (χ3n) is 4.10. The number of hydrogen-bond acceptors (Lipinski definition) is 3. The lowest BCUT2D eigenvalue weighted by molar-refractivity contribution is 0.397. The number of fused-ring (bicyclic) bond motifs is 1. The molecular formula is C18H19ClN2O2S. The first kappa shape index (κ1) is 17.1. The van der Waals surface area contributed by atoms with Crippen molar-refractivity contribution in [2.75, 3.05) is 6.54 Å². The lowest BCUT2D eigenvalue weighted by Gasteiger charge is -2.27. The van der Waals surface area contributed by atoms with E-state index in [9.17, 15) is 8.42 Å². The van der Waals surface area contributed by atoms with E-state index in [1.807, 2.05) is 30.3 Å². The number of benzene rings is 1. The second kappa shape index (κ2) is 7.47. The summed E-state index contributed by atoms with van der Waals surface area (Å²) in [5, 5.41) is 1.96. The predicted octanol–water partition coefficient (Wildman–Crippen LogP) is 3.57. The topological polar surface area (TPSA) is 50.3 Å². The SMILES string of the molecule is O=S(=O)(/C=C/CCc1cccnc1)N1CCc2ccc(Cl)cc2C1. The van der Waals surface area contributed by atoms with Crippen molar-refractivity contribution in [3.8, 4) is 0 Å². The summed E-state index contributed by atoms with van der Waals surface area (Å²) in [4.78, 5) is 4.05. The Hall–Kier alpha value is -1.69. The summed E-state index contributed by atoms with van der Waals surface area (Å²) in [5.74, 6) is 0. The number of pyridine rings is 1. The Morgan fingerprint density at radius 1 is 1.25 bits per heavy atom. The average Bonchev–Trinajstić information content (AvgIpc) is 2.59. The van der Waals surface area contributed by atoms with E-state index in [1.165, 1.54) is 15.3 Å². The van der Waals surface area contributed by atoms with Crippen molar-refractivity contribution in [1.29, 1.82) is 0 Å². The van der Waals surface area contributed by atoms with E-state index >= 15 is 0 Å². The number of hydrogen-bond donors (Lipinski definition) is 0. The summed E-state index contributed by atoms with van der Waals surface area (Å²) in [6, 6.07) is 9.55. The predicted molar refractivity (Wildman–Crippen MR) is 96.2 cm³/mol. The molecule has 0 bridgehead atoms. The molecule has 0 atom stereocenters. The van der Waals surface area contributed by atoms with Gasteiger partial charge in [0, 0.05) is 35.9 Å². The number of halogens is 1. The molecule has 0 aliphatic carbocycles. The third kappa shape index (κ3) is 4.23. The summed E-state index contributed by atoms with van der Waals surface area (Å²) in [6.07, 6.45) is 7.41. The zero-order valence-corrected chi connectivity index (χ0v) is 14.8. The first-order valence-electron chi connectivity index (χ1n) is 7.87. The molecule has 2 aromatic rings. The molecule has 0 radical (unpaired) electrons. The number of allylic oxidation sites excluding steroid dienone is 1. The van der Waals surface area contributed by atoms with Crippen LogP contribution in [-0.2, 0) is 29.4 Å². The highest BCUT2D eigenvalue weighted by Gasteiger charge is 2.24. The molecule has 126 valence electrons. The molecule has 1 aliphatic rings. The number of nitrogens with zero attached hydrogens (tertiary/aromatic N) is 2. The van der Waals surface area contributed by atoms with Crippen LogP contribution in [0.2, 0.25) is 5.02 Å². The molecule has 0 spiro atoms. The molecule has 0 unspecified atom stereocenters. The van der Waals surface area contributed by atoms with Crippen molar-refractivity contribution in [2.24, 2.45) is 0 Å². The van der Waals surface area contributed by atoms with Crippen LogP contribution in [-0.4, -0.2) is 24.3 Å². The molecule has 24 heavy (non-hydrogen) atoms. The molecule has 0 saturated heterocycles. The zero-order chi connectivity index (χ0) is 17.0. The molecule has 0 amide bonds. The molecule has 4 nitrogen and oxygen atoms in total. The van der Waals surface area contributed by atoms with Crippen molar-refractivity contribution < 1.29 is 8.42 Å². The standard InChI is InChI=1S/C18H19ClN2O2S/c19-18-7-6-16-8-10-21(14-17(16)12-18)24(22,23)11-2-1-4-15-5-3-9-20-13-15/h2-3,5-7,9,11-13H,1,4,8,10,14H2/b11-2+. The van der Waals surface area contributed by atoms with Gasteiger partial charge in [0.1, 0.15) is 0 Å². The van der Waals surface area contributed by atoms with Gasteiger partial charge in [0.15, 0.2) is 0 Å². The fraction of sp³-hybridized carbons (Fsp3) is 0.278. The second-order valence-electron chi connectivity index (χ2n) is 5.81. The monoisotopic (exact) mass is 362 g/mol. The van der Waals surface area contributed by atoms with E-state index < -0.39 is 10.0 Å². The van der Waals surface area contributed by atoms with Gasteiger partial charge in [-0.1, -0.05) is 29.8 Å². The van der Waals surface area contributed by atoms with Crippen LogP contribution in [0.4, 0.5) is 0 Å². The van der Waals surface area contributed by atoms with E-state index in [2.05, 4.69) is 4.98 Å². The first-order valence-corrected chi connectivity index (χ1v) is 9.75. The lowest BCUT2D eigenvalue weighted by Crippen LogP contribution is -2.34. The van der Waals surface area contributed by atoms with Gasteiger partial charge in [-0.3, -0.25) is 4.98 Å². The van der Waals surface area contributed by atoms with Crippen LogP contribution in [0.3, 0.4) is 0 Å². The van der Waals surface area contributed by atoms with Crippen LogP contribution in [0.1, 0.15) is 23.1 Å². The largest absolute Gasteiger partial charge is 0.264 e. The highest BCUT2D eigenvalue weighted by Crippen LogP contribution is 2.24. The molecule has 1 aromatic carbocycles. The van der Waals surface area contributed by atoms with Gasteiger partial charge >= 0.3 is 0 Å². The molecule has 0 saturated carbocycles. The number of aryl methyl sites for hydroxylation is 1. The van der Waals surface area contributed by atoms with Crippen LogP contribution < -0.4 is 0 Å². The van der Waals surface area contributed by atoms with E-state index in [-0.39, 0.29) is 0 Å². The third-order valence-corrected chi connectivity index (χ3v) is 5.90. The minimum absolute atomic E-state index is 0.380. The van der Waals surface area contributed by atoms with Crippen LogP contribution in [0.25, 0.3) is 0 Å². The van der Waals surface area contributed by atoms with Crippen molar-refractivity contribution in [1.82, 2.24) is 9.29 Å². The van der Waals surface area contributed by atoms with Crippen LogP contribution in [0, 0.1) is 0 Å². The second-order valence-corrected chi connectivity index (χ2v) is 8.07. The highest BCUT2D eigenvalue weighted by molar-refractivity contribution is 7.92. The minimum Gasteiger partial charge on any atom is -0.264 e. The van der Waals surface area contributed by atoms with Crippen molar-refractivity contribution >= 4 is 21.6 Å². The zero-order valence-electron chi connectivity index (χ0n) is 13.2. The molecule has 2 heterocycles. The van der Waals surface area contributed by atoms with Crippen LogP contribution in [0.15, 0.2) is 54.2 Å². The molecule has 6 heteroatoms. The normalized spacial score (nSPS) is 15.5. The lowest BCUT2D eigenvalue weighted by atomic mass is 10.0. The van der Waals surface area contributed by atoms with Gasteiger partial charge in [-0.05, 0) is 54.2 Å². The summed E-state index contributed by atoms with van der Waals surface area (Å²) in [7, 11) is -3.40. The van der Waals surface area contributed by atoms with Gasteiger partial charge in [-0.15, -0.1) is 0 Å². The quantitative estimate of drug-likeness (QED) is 0.817. The molecule has 0 fully saturated rings. The molecule has 1 aromatic heterocycles. The number of aromatic nitrogens is 1. The maximum Gasteiger partial charge on any atom is 0.236 e. The summed E-state index contributed by atoms with van der Waals surface area (Å²) in [5.41, 5.74) is 3.26. The van der Waals surface area contributed by atoms with Gasteiger partial charge in [0.25, 0.3) is 0 Å². The molecule has 1 aliphatic heterocycles. The van der Waals surface area contributed by atoms with Crippen molar-refractivity contribution in [2.45, 2.75) is 25.8 Å². The average molecular weight is 363 g/mol. The fourth-order valence-electron chi connectivity index (χ4n) is 2.79. The maximum atomic E-state index is 12.5. The van der Waals surface area contributed by atoms with Crippen LogP contribution >= 0.6 is 11.6 Å². The Kier molecular flexibility index (Phi) is 5.33. The van der Waals surface area contributed by atoms with Crippen LogP contribution in [0.5, 0.6) is 0 Å². The molecule has 3 rings (SSSR count). The Balaban J connectivity index is 1.62. The summed E-state index contributed by atoms with van der Waals surface area (Å²) >= 11 is 6.01.